The molecule has 0 fully saturated rings. The van der Waals surface area contributed by atoms with Crippen LogP contribution in [0.1, 0.15) is 52.8 Å². The zero-order valence-electron chi connectivity index (χ0n) is 19.4. The first-order valence-electron chi connectivity index (χ1n) is 11.0. The first-order chi connectivity index (χ1) is 16.6. The van der Waals surface area contributed by atoms with Crippen LogP contribution in [0, 0.1) is 11.6 Å². The molecule has 186 valence electrons. The van der Waals surface area contributed by atoms with Gasteiger partial charge in [0.15, 0.2) is 11.4 Å². The Morgan fingerprint density at radius 1 is 1.31 bits per heavy atom. The fourth-order valence-electron chi connectivity index (χ4n) is 4.04. The number of hydrogen-bond donors (Lipinski definition) is 2. The van der Waals surface area contributed by atoms with Gasteiger partial charge in [0.05, 0.1) is 13.2 Å². The number of hydrogen-bond acceptors (Lipinski definition) is 7. The maximum atomic E-state index is 13.9. The number of hydroxylamine groups is 2. The molecule has 35 heavy (non-hydrogen) atoms. The van der Waals surface area contributed by atoms with Crippen LogP contribution in [-0.4, -0.2) is 63.5 Å². The van der Waals surface area contributed by atoms with Crippen LogP contribution in [0.5, 0.6) is 5.75 Å². The highest BCUT2D eigenvalue weighted by Gasteiger charge is 2.38. The van der Waals surface area contributed by atoms with Crippen molar-refractivity contribution < 1.29 is 28.3 Å². The highest BCUT2D eigenvalue weighted by atomic mass is 19.1. The standard InChI is InChI=1S/C23H25F2N5O5/c1-12-6-7-35-28(3)13(2)27-18-11-29(12)23(34)19-21(32)20(31)16(10-30(18)19)22(33)26-9-14-4-5-15(24)8-17(14)25/h4-5,8,10,12,18,32H,6-7,9,11H2,1-3H3,(H,26,33)/b27-13-. The molecule has 2 aliphatic heterocycles. The van der Waals surface area contributed by atoms with Gasteiger partial charge in [-0.2, -0.15) is 0 Å². The number of amides is 2. The minimum atomic E-state index is -1.04. The normalized spacial score (nSPS) is 21.7. The van der Waals surface area contributed by atoms with Crippen LogP contribution in [0.2, 0.25) is 0 Å². The van der Waals surface area contributed by atoms with E-state index in [2.05, 4.69) is 10.3 Å². The van der Waals surface area contributed by atoms with Gasteiger partial charge in [0, 0.05) is 37.5 Å². The molecule has 0 radical (unpaired) electrons. The molecule has 0 saturated carbocycles. The van der Waals surface area contributed by atoms with Crippen LogP contribution in [0.25, 0.3) is 0 Å². The molecule has 0 spiro atoms. The van der Waals surface area contributed by atoms with E-state index in [-0.39, 0.29) is 30.4 Å². The maximum absolute atomic E-state index is 13.9. The summed E-state index contributed by atoms with van der Waals surface area (Å²) in [6.07, 6.45) is 0.936. The van der Waals surface area contributed by atoms with E-state index in [0.717, 1.165) is 6.07 Å². The number of nitrogens with one attached hydrogen (secondary N) is 1. The van der Waals surface area contributed by atoms with Crippen LogP contribution >= 0.6 is 0 Å². The van der Waals surface area contributed by atoms with E-state index < -0.39 is 46.4 Å². The summed E-state index contributed by atoms with van der Waals surface area (Å²) in [6.45, 7) is 3.71. The van der Waals surface area contributed by atoms with E-state index in [4.69, 9.17) is 4.84 Å². The van der Waals surface area contributed by atoms with Crippen LogP contribution in [-0.2, 0) is 11.4 Å². The summed E-state index contributed by atoms with van der Waals surface area (Å²) in [5, 5.41) is 14.6. The van der Waals surface area contributed by atoms with Gasteiger partial charge in [0.2, 0.25) is 5.43 Å². The Morgan fingerprint density at radius 2 is 2.06 bits per heavy atom. The Morgan fingerprint density at radius 3 is 2.77 bits per heavy atom. The summed E-state index contributed by atoms with van der Waals surface area (Å²) in [7, 11) is 1.69. The summed E-state index contributed by atoms with van der Waals surface area (Å²) in [5.74, 6) is -3.46. The molecule has 1 aromatic heterocycles. The minimum absolute atomic E-state index is 0.0115. The van der Waals surface area contributed by atoms with Crippen molar-refractivity contribution in [1.82, 2.24) is 19.8 Å². The Balaban J connectivity index is 1.74. The SMILES string of the molecule is C/C1=N/C2CN(C(=O)c3c(O)c(=O)c(C(=O)NCc4ccc(F)cc4F)cn32)C(C)CCON1C. The Labute approximate surface area is 199 Å². The number of aliphatic imine (C=N–C) groups is 1. The van der Waals surface area contributed by atoms with E-state index in [1.165, 1.54) is 26.8 Å². The van der Waals surface area contributed by atoms with E-state index in [1.807, 2.05) is 6.92 Å². The lowest BCUT2D eigenvalue weighted by atomic mass is 10.1. The highest BCUT2D eigenvalue weighted by molar-refractivity contribution is 5.99. The molecule has 2 N–H and O–H groups in total. The highest BCUT2D eigenvalue weighted by Crippen LogP contribution is 2.30. The molecule has 2 amide bonds. The van der Waals surface area contributed by atoms with Crippen molar-refractivity contribution in [2.75, 3.05) is 20.2 Å². The van der Waals surface area contributed by atoms with Crippen molar-refractivity contribution in [3.8, 4) is 5.75 Å². The van der Waals surface area contributed by atoms with Gasteiger partial charge >= 0.3 is 0 Å². The minimum Gasteiger partial charge on any atom is -0.503 e. The zero-order chi connectivity index (χ0) is 25.4. The van der Waals surface area contributed by atoms with Gasteiger partial charge in [-0.3, -0.25) is 19.2 Å². The molecule has 1 aromatic carbocycles. The van der Waals surface area contributed by atoms with Gasteiger partial charge in [-0.15, -0.1) is 0 Å². The molecule has 0 saturated heterocycles. The molecule has 2 aromatic rings. The second-order valence-electron chi connectivity index (χ2n) is 8.48. The predicted molar refractivity (Wildman–Crippen MR) is 121 cm³/mol. The predicted octanol–water partition coefficient (Wildman–Crippen LogP) is 1.79. The van der Waals surface area contributed by atoms with Crippen molar-refractivity contribution in [3.05, 3.63) is 63.1 Å². The van der Waals surface area contributed by atoms with Gasteiger partial charge < -0.3 is 19.9 Å². The van der Waals surface area contributed by atoms with E-state index in [0.29, 0.717) is 24.9 Å². The van der Waals surface area contributed by atoms with Gasteiger partial charge in [0.25, 0.3) is 11.8 Å². The molecule has 2 aliphatic rings. The quantitative estimate of drug-likeness (QED) is 0.679. The van der Waals surface area contributed by atoms with Crippen molar-refractivity contribution in [3.63, 3.8) is 0 Å². The number of rotatable bonds is 3. The molecule has 12 heteroatoms. The number of carbonyl (C=O) groups is 2. The van der Waals surface area contributed by atoms with Crippen molar-refractivity contribution in [1.29, 1.82) is 0 Å². The fourth-order valence-corrected chi connectivity index (χ4v) is 4.04. The summed E-state index contributed by atoms with van der Waals surface area (Å²) >= 11 is 0. The first-order valence-corrected chi connectivity index (χ1v) is 11.0. The number of pyridine rings is 1. The lowest BCUT2D eigenvalue weighted by Crippen LogP contribution is -2.49. The summed E-state index contributed by atoms with van der Waals surface area (Å²) < 4.78 is 28.4. The number of fused-ring (bicyclic) bond motifs is 4. The Hall–Kier alpha value is -3.80. The van der Waals surface area contributed by atoms with Crippen LogP contribution in [0.4, 0.5) is 8.78 Å². The molecular formula is C23H25F2N5O5. The third kappa shape index (κ3) is 4.61. The molecule has 4 rings (SSSR count). The average molecular weight is 489 g/mol. The largest absolute Gasteiger partial charge is 0.503 e. The molecule has 2 atom stereocenters. The monoisotopic (exact) mass is 489 g/mol. The molecule has 0 aliphatic carbocycles. The first kappa shape index (κ1) is 24.3. The second kappa shape index (κ2) is 9.45. The van der Waals surface area contributed by atoms with Gasteiger partial charge in [-0.1, -0.05) is 6.07 Å². The number of benzene rings is 1. The Bertz CT molecular complexity index is 1280. The van der Waals surface area contributed by atoms with E-state index in [9.17, 15) is 28.3 Å². The maximum Gasteiger partial charge on any atom is 0.274 e. The summed E-state index contributed by atoms with van der Waals surface area (Å²) in [4.78, 5) is 50.6. The molecule has 10 nitrogen and oxygen atoms in total. The molecule has 2 bridgehead atoms. The third-order valence-corrected chi connectivity index (χ3v) is 6.20. The number of aromatic nitrogens is 1. The average Bonchev–Trinajstić information content (AvgIpc) is 2.81. The smallest absolute Gasteiger partial charge is 0.274 e. The van der Waals surface area contributed by atoms with Crippen molar-refractivity contribution in [2.45, 2.75) is 39.0 Å². The summed E-state index contributed by atoms with van der Waals surface area (Å²) in [5.41, 5.74) is -1.74. The second-order valence-corrected chi connectivity index (χ2v) is 8.48. The lowest BCUT2D eigenvalue weighted by molar-refractivity contribution is -0.0875. The fraction of sp³-hybridized carbons (Fsp3) is 0.391. The zero-order valence-corrected chi connectivity index (χ0v) is 19.4. The number of amidine groups is 1. The van der Waals surface area contributed by atoms with Gasteiger partial charge in [-0.05, 0) is 26.3 Å². The Kier molecular flexibility index (Phi) is 6.57. The number of carbonyl (C=O) groups excluding carboxylic acids is 2. The third-order valence-electron chi connectivity index (χ3n) is 6.20. The lowest BCUT2D eigenvalue weighted by Gasteiger charge is -2.39. The number of halogens is 2. The number of nitrogens with zero attached hydrogens (tertiary/aromatic N) is 4. The van der Waals surface area contributed by atoms with Crippen LogP contribution in [0.3, 0.4) is 0 Å². The van der Waals surface area contributed by atoms with Crippen LogP contribution < -0.4 is 10.7 Å². The summed E-state index contributed by atoms with van der Waals surface area (Å²) in [6, 6.07) is 2.64. The van der Waals surface area contributed by atoms with E-state index in [1.54, 1.807) is 14.0 Å². The molecule has 2 unspecified atom stereocenters. The number of aromatic hydroxyl groups is 1. The van der Waals surface area contributed by atoms with Crippen LogP contribution in [0.15, 0.2) is 34.2 Å². The van der Waals surface area contributed by atoms with Gasteiger partial charge in [-0.25, -0.2) is 18.8 Å². The van der Waals surface area contributed by atoms with Gasteiger partial charge in [0.1, 0.15) is 29.2 Å². The van der Waals surface area contributed by atoms with Crippen molar-refractivity contribution >= 4 is 17.6 Å². The van der Waals surface area contributed by atoms with E-state index >= 15 is 0 Å². The molecule has 3 heterocycles. The van der Waals surface area contributed by atoms with Crippen molar-refractivity contribution in [2.24, 2.45) is 4.99 Å². The molecular weight excluding hydrogens is 464 g/mol. The topological polar surface area (TPSA) is 116 Å².